The molecule has 0 radical (unpaired) electrons. The van der Waals surface area contributed by atoms with Crippen molar-refractivity contribution in [1.82, 2.24) is 0 Å². The van der Waals surface area contributed by atoms with Crippen LogP contribution in [0.25, 0.3) is 0 Å². The van der Waals surface area contributed by atoms with Crippen molar-refractivity contribution in [1.29, 1.82) is 0 Å². The summed E-state index contributed by atoms with van der Waals surface area (Å²) in [5.41, 5.74) is 0. The summed E-state index contributed by atoms with van der Waals surface area (Å²) in [6.45, 7) is 0.367. The highest BCUT2D eigenvalue weighted by Gasteiger charge is 2.38. The average Bonchev–Trinajstić information content (AvgIpc) is 2.47. The molecule has 3 heteroatoms. The van der Waals surface area contributed by atoms with Crippen LogP contribution in [0.2, 0.25) is 0 Å². The molecule has 0 aromatic rings. The lowest BCUT2D eigenvalue weighted by Gasteiger charge is -2.17. The molecule has 1 aliphatic carbocycles. The molecule has 0 spiro atoms. The molecule has 1 fully saturated rings. The highest BCUT2D eigenvalue weighted by atomic mass is 16.5. The highest BCUT2D eigenvalue weighted by Crippen LogP contribution is 2.37. The second-order valence-corrected chi connectivity index (χ2v) is 3.40. The van der Waals surface area contributed by atoms with Gasteiger partial charge < -0.3 is 9.84 Å². The maximum absolute atomic E-state index is 10.7. The van der Waals surface area contributed by atoms with Crippen LogP contribution in [0.4, 0.5) is 0 Å². The van der Waals surface area contributed by atoms with Crippen molar-refractivity contribution >= 4 is 5.97 Å². The standard InChI is InChI=1S/C9H12O3/c10-9(11)7-5-12-8-4-2-1-3-6(7)8/h4,6-7H,1-3,5H2,(H,10,11). The number of aliphatic carboxylic acids is 1. The van der Waals surface area contributed by atoms with E-state index in [-0.39, 0.29) is 11.8 Å². The number of carbonyl (C=O) groups is 1. The first-order chi connectivity index (χ1) is 5.79. The molecule has 3 nitrogen and oxygen atoms in total. The highest BCUT2D eigenvalue weighted by molar-refractivity contribution is 5.71. The van der Waals surface area contributed by atoms with Crippen LogP contribution in [0.3, 0.4) is 0 Å². The second kappa shape index (κ2) is 2.81. The summed E-state index contributed by atoms with van der Waals surface area (Å²) in [7, 11) is 0. The van der Waals surface area contributed by atoms with Gasteiger partial charge in [-0.15, -0.1) is 0 Å². The van der Waals surface area contributed by atoms with E-state index in [9.17, 15) is 4.79 Å². The van der Waals surface area contributed by atoms with Gasteiger partial charge in [-0.1, -0.05) is 0 Å². The van der Waals surface area contributed by atoms with Gasteiger partial charge in [-0.2, -0.15) is 0 Å². The third-order valence-corrected chi connectivity index (χ3v) is 2.66. The quantitative estimate of drug-likeness (QED) is 0.643. The monoisotopic (exact) mass is 168 g/mol. The van der Waals surface area contributed by atoms with Crippen LogP contribution in [0.5, 0.6) is 0 Å². The molecule has 2 atom stereocenters. The summed E-state index contributed by atoms with van der Waals surface area (Å²) in [5, 5.41) is 8.84. The molecule has 2 aliphatic rings. The minimum absolute atomic E-state index is 0.163. The Morgan fingerprint density at radius 3 is 3.25 bits per heavy atom. The van der Waals surface area contributed by atoms with Crippen LogP contribution in [-0.4, -0.2) is 17.7 Å². The number of carboxylic acid groups (broad SMARTS) is 1. The molecule has 0 amide bonds. The van der Waals surface area contributed by atoms with E-state index in [2.05, 4.69) is 0 Å². The minimum atomic E-state index is -0.717. The number of hydrogen-bond acceptors (Lipinski definition) is 2. The zero-order valence-electron chi connectivity index (χ0n) is 6.82. The maximum atomic E-state index is 10.7. The Bertz CT molecular complexity index is 232. The Hall–Kier alpha value is -0.990. The van der Waals surface area contributed by atoms with Crippen LogP contribution in [0.15, 0.2) is 11.8 Å². The van der Waals surface area contributed by atoms with Gasteiger partial charge >= 0.3 is 5.97 Å². The average molecular weight is 168 g/mol. The number of fused-ring (bicyclic) bond motifs is 1. The van der Waals surface area contributed by atoms with Gasteiger partial charge in [0.25, 0.3) is 0 Å². The first-order valence-corrected chi connectivity index (χ1v) is 4.34. The van der Waals surface area contributed by atoms with Gasteiger partial charge in [0.15, 0.2) is 0 Å². The van der Waals surface area contributed by atoms with Crippen molar-refractivity contribution in [3.8, 4) is 0 Å². The summed E-state index contributed by atoms with van der Waals surface area (Å²) in [6.07, 6.45) is 5.15. The molecule has 0 saturated carbocycles. The van der Waals surface area contributed by atoms with E-state index in [1.807, 2.05) is 6.08 Å². The molecule has 1 N–H and O–H groups in total. The molecule has 0 bridgehead atoms. The first kappa shape index (κ1) is 7.65. The summed E-state index contributed by atoms with van der Waals surface area (Å²) in [4.78, 5) is 10.7. The van der Waals surface area contributed by atoms with E-state index < -0.39 is 5.97 Å². The second-order valence-electron chi connectivity index (χ2n) is 3.40. The SMILES string of the molecule is O=C(O)C1COC2=CCCCC21. The van der Waals surface area contributed by atoms with Gasteiger partial charge in [0.05, 0.1) is 5.76 Å². The lowest BCUT2D eigenvalue weighted by Crippen LogP contribution is -2.22. The Kier molecular flexibility index (Phi) is 1.79. The molecule has 66 valence electrons. The summed E-state index contributed by atoms with van der Waals surface area (Å²) in [5.74, 6) is 0.0757. The third kappa shape index (κ3) is 1.09. The lowest BCUT2D eigenvalue weighted by atomic mass is 9.85. The summed E-state index contributed by atoms with van der Waals surface area (Å²) < 4.78 is 5.31. The van der Waals surface area contributed by atoms with E-state index >= 15 is 0 Å². The van der Waals surface area contributed by atoms with Crippen LogP contribution in [-0.2, 0) is 9.53 Å². The Labute approximate surface area is 71.0 Å². The van der Waals surface area contributed by atoms with Crippen molar-refractivity contribution < 1.29 is 14.6 Å². The molecular formula is C9H12O3. The number of hydrogen-bond donors (Lipinski definition) is 1. The summed E-state index contributed by atoms with van der Waals surface area (Å²) in [6, 6.07) is 0. The Morgan fingerprint density at radius 1 is 1.67 bits per heavy atom. The lowest BCUT2D eigenvalue weighted by molar-refractivity contribution is -0.142. The van der Waals surface area contributed by atoms with E-state index in [4.69, 9.17) is 9.84 Å². The number of carboxylic acids is 1. The van der Waals surface area contributed by atoms with Crippen molar-refractivity contribution in [3.05, 3.63) is 11.8 Å². The molecule has 1 aliphatic heterocycles. The predicted molar refractivity (Wildman–Crippen MR) is 42.5 cm³/mol. The van der Waals surface area contributed by atoms with Crippen LogP contribution in [0.1, 0.15) is 19.3 Å². The molecule has 2 unspecified atom stereocenters. The van der Waals surface area contributed by atoms with E-state index in [1.54, 1.807) is 0 Å². The van der Waals surface area contributed by atoms with Crippen LogP contribution >= 0.6 is 0 Å². The van der Waals surface area contributed by atoms with E-state index in [1.165, 1.54) is 0 Å². The molecule has 0 aromatic carbocycles. The fraction of sp³-hybridized carbons (Fsp3) is 0.667. The fourth-order valence-corrected chi connectivity index (χ4v) is 1.99. The zero-order chi connectivity index (χ0) is 8.55. The maximum Gasteiger partial charge on any atom is 0.310 e. The number of ether oxygens (including phenoxy) is 1. The smallest absolute Gasteiger partial charge is 0.310 e. The van der Waals surface area contributed by atoms with Gasteiger partial charge in [-0.05, 0) is 25.3 Å². The van der Waals surface area contributed by atoms with Crippen LogP contribution < -0.4 is 0 Å². The van der Waals surface area contributed by atoms with Crippen molar-refractivity contribution in [2.75, 3.05) is 6.61 Å². The predicted octanol–water partition coefficient (Wildman–Crippen LogP) is 1.40. The fourth-order valence-electron chi connectivity index (χ4n) is 1.99. The molecule has 0 aromatic heterocycles. The topological polar surface area (TPSA) is 46.5 Å². The third-order valence-electron chi connectivity index (χ3n) is 2.66. The molecule has 1 heterocycles. The minimum Gasteiger partial charge on any atom is -0.497 e. The van der Waals surface area contributed by atoms with Gasteiger partial charge in [0.1, 0.15) is 12.5 Å². The molecule has 12 heavy (non-hydrogen) atoms. The van der Waals surface area contributed by atoms with Crippen LogP contribution in [0, 0.1) is 11.8 Å². The van der Waals surface area contributed by atoms with Gasteiger partial charge in [0.2, 0.25) is 0 Å². The molecule has 2 rings (SSSR count). The largest absolute Gasteiger partial charge is 0.497 e. The van der Waals surface area contributed by atoms with Gasteiger partial charge in [-0.3, -0.25) is 4.79 Å². The Balaban J connectivity index is 2.17. The number of rotatable bonds is 1. The van der Waals surface area contributed by atoms with E-state index in [0.717, 1.165) is 25.0 Å². The number of allylic oxidation sites excluding steroid dienone is 2. The van der Waals surface area contributed by atoms with Gasteiger partial charge in [0, 0.05) is 5.92 Å². The van der Waals surface area contributed by atoms with Crippen molar-refractivity contribution in [2.24, 2.45) is 11.8 Å². The van der Waals surface area contributed by atoms with E-state index in [0.29, 0.717) is 6.61 Å². The van der Waals surface area contributed by atoms with Crippen molar-refractivity contribution in [3.63, 3.8) is 0 Å². The molecule has 1 saturated heterocycles. The molecular weight excluding hydrogens is 156 g/mol. The van der Waals surface area contributed by atoms with Crippen molar-refractivity contribution in [2.45, 2.75) is 19.3 Å². The first-order valence-electron chi connectivity index (χ1n) is 4.34. The Morgan fingerprint density at radius 2 is 2.50 bits per heavy atom. The zero-order valence-corrected chi connectivity index (χ0v) is 6.82. The summed E-state index contributed by atoms with van der Waals surface area (Å²) >= 11 is 0. The van der Waals surface area contributed by atoms with Gasteiger partial charge in [-0.25, -0.2) is 0 Å². The normalized spacial score (nSPS) is 33.5.